The lowest BCUT2D eigenvalue weighted by Crippen LogP contribution is -2.58. The summed E-state index contributed by atoms with van der Waals surface area (Å²) in [6.07, 6.45) is -3.29. The molecule has 3 saturated heterocycles. The summed E-state index contributed by atoms with van der Waals surface area (Å²) in [5.74, 6) is -2.10. The van der Waals surface area contributed by atoms with Gasteiger partial charge in [0.1, 0.15) is 18.3 Å². The number of hydrogen-bond donors (Lipinski definition) is 1. The second-order valence-electron chi connectivity index (χ2n) is 7.71. The molecule has 0 spiro atoms. The number of halogens is 2. The Bertz CT molecular complexity index is 770. The summed E-state index contributed by atoms with van der Waals surface area (Å²) in [6, 6.07) is 4.83. The molecule has 148 valence electrons. The van der Waals surface area contributed by atoms with E-state index in [0.29, 0.717) is 15.7 Å². The summed E-state index contributed by atoms with van der Waals surface area (Å²) < 4.78 is 29.6. The summed E-state index contributed by atoms with van der Waals surface area (Å²) in [6.45, 7) is 7.15. The van der Waals surface area contributed by atoms with Gasteiger partial charge in [-0.25, -0.2) is 0 Å². The van der Waals surface area contributed by atoms with Crippen molar-refractivity contribution >= 4 is 34.8 Å². The fourth-order valence-electron chi connectivity index (χ4n) is 3.61. The quantitative estimate of drug-likeness (QED) is 0.795. The lowest BCUT2D eigenvalue weighted by Gasteiger charge is -2.36. The van der Waals surface area contributed by atoms with Gasteiger partial charge in [0.15, 0.2) is 24.0 Å². The molecule has 3 fully saturated rings. The van der Waals surface area contributed by atoms with Crippen LogP contribution in [0.3, 0.4) is 0 Å². The van der Waals surface area contributed by atoms with Crippen LogP contribution in [-0.4, -0.2) is 48.2 Å². The van der Waals surface area contributed by atoms with Crippen LogP contribution in [0.15, 0.2) is 18.2 Å². The van der Waals surface area contributed by atoms with Gasteiger partial charge < -0.3 is 29.0 Å². The van der Waals surface area contributed by atoms with Gasteiger partial charge in [-0.15, -0.1) is 0 Å². The molecular formula is C18H21Cl2NO6. The molecule has 7 nitrogen and oxygen atoms in total. The molecule has 0 aliphatic carbocycles. The maximum absolute atomic E-state index is 12.9. The van der Waals surface area contributed by atoms with Crippen molar-refractivity contribution in [2.45, 2.75) is 70.0 Å². The Morgan fingerprint density at radius 2 is 1.56 bits per heavy atom. The smallest absolute Gasteiger partial charge is 0.256 e. The lowest BCUT2D eigenvalue weighted by molar-refractivity contribution is -0.229. The summed E-state index contributed by atoms with van der Waals surface area (Å²) in [4.78, 5) is 12.9. The number of amides is 1. The van der Waals surface area contributed by atoms with E-state index in [1.807, 2.05) is 0 Å². The summed E-state index contributed by atoms with van der Waals surface area (Å²) in [7, 11) is 0. The number of ether oxygens (including phenoxy) is 5. The number of rotatable bonds is 2. The van der Waals surface area contributed by atoms with Crippen molar-refractivity contribution in [3.63, 3.8) is 0 Å². The second-order valence-corrected chi connectivity index (χ2v) is 8.52. The van der Waals surface area contributed by atoms with Crippen LogP contribution >= 0.6 is 23.2 Å². The molecule has 0 saturated carbocycles. The Balaban J connectivity index is 1.57. The van der Waals surface area contributed by atoms with Gasteiger partial charge in [-0.1, -0.05) is 23.2 Å². The van der Waals surface area contributed by atoms with Gasteiger partial charge in [0.2, 0.25) is 0 Å². The van der Waals surface area contributed by atoms with Crippen LogP contribution < -0.4 is 5.32 Å². The first-order valence-electron chi connectivity index (χ1n) is 8.67. The van der Waals surface area contributed by atoms with Crippen molar-refractivity contribution in [3.8, 4) is 0 Å². The van der Waals surface area contributed by atoms with Crippen LogP contribution in [-0.2, 0) is 28.5 Å². The minimum absolute atomic E-state index is 0.341. The molecule has 27 heavy (non-hydrogen) atoms. The highest BCUT2D eigenvalue weighted by Crippen LogP contribution is 2.44. The summed E-state index contributed by atoms with van der Waals surface area (Å²) >= 11 is 11.9. The third-order valence-corrected chi connectivity index (χ3v) is 5.34. The van der Waals surface area contributed by atoms with E-state index in [1.165, 1.54) is 0 Å². The van der Waals surface area contributed by atoms with E-state index >= 15 is 0 Å². The zero-order valence-electron chi connectivity index (χ0n) is 15.3. The van der Waals surface area contributed by atoms with Crippen molar-refractivity contribution in [1.29, 1.82) is 0 Å². The number of nitrogens with one attached hydrogen (secondary N) is 1. The molecule has 5 atom stereocenters. The van der Waals surface area contributed by atoms with Gasteiger partial charge in [0.05, 0.1) is 10.0 Å². The Labute approximate surface area is 167 Å². The molecule has 1 amide bonds. The molecule has 1 N–H and O–H groups in total. The lowest BCUT2D eigenvalue weighted by atomic mass is 9.98. The highest BCUT2D eigenvalue weighted by Gasteiger charge is 2.62. The molecule has 3 aliphatic rings. The fourth-order valence-corrected chi connectivity index (χ4v) is 3.91. The number of fused-ring (bicyclic) bond motifs is 3. The average molecular weight is 418 g/mol. The second kappa shape index (κ2) is 6.56. The van der Waals surface area contributed by atoms with Crippen LogP contribution in [0, 0.1) is 0 Å². The summed E-state index contributed by atoms with van der Waals surface area (Å²) in [5.41, 5.74) is 0.499. The Morgan fingerprint density at radius 1 is 0.926 bits per heavy atom. The first kappa shape index (κ1) is 19.4. The SMILES string of the molecule is CC1(C)O[C@@H]2O[C@H](C(=O)Nc3ccc(Cl)c(Cl)c3)[C@@H]3OC(C)(C)O[C@@H]3[C@@H]2O1. The van der Waals surface area contributed by atoms with E-state index in [4.69, 9.17) is 46.9 Å². The largest absolute Gasteiger partial charge is 0.342 e. The van der Waals surface area contributed by atoms with Crippen molar-refractivity contribution in [1.82, 2.24) is 0 Å². The maximum atomic E-state index is 12.9. The minimum Gasteiger partial charge on any atom is -0.342 e. The average Bonchev–Trinajstić information content (AvgIpc) is 3.04. The van der Waals surface area contributed by atoms with E-state index in [0.717, 1.165) is 0 Å². The van der Waals surface area contributed by atoms with Gasteiger partial charge in [-0.05, 0) is 45.9 Å². The number of anilines is 1. The monoisotopic (exact) mass is 417 g/mol. The van der Waals surface area contributed by atoms with Gasteiger partial charge in [-0.2, -0.15) is 0 Å². The summed E-state index contributed by atoms with van der Waals surface area (Å²) in [5, 5.41) is 3.52. The fraction of sp³-hybridized carbons (Fsp3) is 0.611. The molecule has 0 aromatic heterocycles. The Morgan fingerprint density at radius 3 is 2.26 bits per heavy atom. The van der Waals surface area contributed by atoms with Crippen LogP contribution in [0.4, 0.5) is 5.69 Å². The van der Waals surface area contributed by atoms with Gasteiger partial charge in [-0.3, -0.25) is 4.79 Å². The van der Waals surface area contributed by atoms with Crippen molar-refractivity contribution in [2.24, 2.45) is 0 Å². The standard InChI is InChI=1S/C18H21Cl2NO6/c1-17(2)24-11-12(25-17)14-16(27-18(3,4)26-14)23-13(11)15(22)21-8-5-6-9(19)10(20)7-8/h5-7,11-14,16H,1-4H3,(H,21,22)/t11-,12+,13+,14+,16+/m1/s1. The normalized spacial score (nSPS) is 36.1. The number of hydrogen-bond acceptors (Lipinski definition) is 6. The Hall–Kier alpha value is -0.930. The number of benzene rings is 1. The van der Waals surface area contributed by atoms with Crippen LogP contribution in [0.5, 0.6) is 0 Å². The zero-order valence-corrected chi connectivity index (χ0v) is 16.8. The van der Waals surface area contributed by atoms with Crippen molar-refractivity contribution in [3.05, 3.63) is 28.2 Å². The van der Waals surface area contributed by atoms with E-state index in [9.17, 15) is 4.79 Å². The van der Waals surface area contributed by atoms with Crippen LogP contribution in [0.25, 0.3) is 0 Å². The molecule has 3 heterocycles. The van der Waals surface area contributed by atoms with Gasteiger partial charge >= 0.3 is 0 Å². The molecule has 0 radical (unpaired) electrons. The topological polar surface area (TPSA) is 75.3 Å². The highest BCUT2D eigenvalue weighted by atomic mass is 35.5. The molecule has 4 rings (SSSR count). The minimum atomic E-state index is -0.940. The zero-order chi connectivity index (χ0) is 19.6. The molecule has 9 heteroatoms. The third-order valence-electron chi connectivity index (χ3n) is 4.60. The highest BCUT2D eigenvalue weighted by molar-refractivity contribution is 6.42. The van der Waals surface area contributed by atoms with Crippen LogP contribution in [0.2, 0.25) is 10.0 Å². The van der Waals surface area contributed by atoms with Crippen LogP contribution in [0.1, 0.15) is 27.7 Å². The Kier molecular flexibility index (Phi) is 4.71. The molecule has 0 unspecified atom stereocenters. The van der Waals surface area contributed by atoms with E-state index < -0.39 is 48.2 Å². The maximum Gasteiger partial charge on any atom is 0.256 e. The van der Waals surface area contributed by atoms with Gasteiger partial charge in [0, 0.05) is 5.69 Å². The van der Waals surface area contributed by atoms with Crippen molar-refractivity contribution in [2.75, 3.05) is 5.32 Å². The van der Waals surface area contributed by atoms with E-state index in [1.54, 1.807) is 45.9 Å². The third kappa shape index (κ3) is 3.70. The molecule has 1 aromatic carbocycles. The molecular weight excluding hydrogens is 397 g/mol. The van der Waals surface area contributed by atoms with E-state index in [2.05, 4.69) is 5.32 Å². The van der Waals surface area contributed by atoms with Gasteiger partial charge in [0.25, 0.3) is 5.91 Å². The predicted octanol–water partition coefficient (Wildman–Crippen LogP) is 3.33. The first-order valence-corrected chi connectivity index (χ1v) is 9.43. The number of carbonyl (C=O) groups is 1. The first-order chi connectivity index (χ1) is 12.5. The molecule has 1 aromatic rings. The number of carbonyl (C=O) groups excluding carboxylic acids is 1. The predicted molar refractivity (Wildman–Crippen MR) is 97.6 cm³/mol. The molecule has 0 bridgehead atoms. The van der Waals surface area contributed by atoms with E-state index in [-0.39, 0.29) is 0 Å². The molecule has 3 aliphatic heterocycles. The van der Waals surface area contributed by atoms with Crippen molar-refractivity contribution < 1.29 is 28.5 Å².